The van der Waals surface area contributed by atoms with E-state index in [-0.39, 0.29) is 12.3 Å². The van der Waals surface area contributed by atoms with E-state index in [2.05, 4.69) is 5.32 Å². The van der Waals surface area contributed by atoms with Crippen LogP contribution in [0.15, 0.2) is 0 Å². The summed E-state index contributed by atoms with van der Waals surface area (Å²) in [6.07, 6.45) is 0. The molecule has 14 heavy (non-hydrogen) atoms. The molecule has 6 heteroatoms. The molecule has 0 fully saturated rings. The fraction of sp³-hybridized carbons (Fsp3) is 0.875. The SMILES string of the molecule is CC(NCCS(=O)(=O)C(C)C)C(=O)O. The van der Waals surface area contributed by atoms with Crippen LogP contribution >= 0.6 is 0 Å². The first-order valence-electron chi connectivity index (χ1n) is 4.45. The molecule has 0 aromatic rings. The lowest BCUT2D eigenvalue weighted by molar-refractivity contribution is -0.138. The van der Waals surface area contributed by atoms with Crippen molar-refractivity contribution in [1.29, 1.82) is 0 Å². The fourth-order valence-corrected chi connectivity index (χ4v) is 1.61. The van der Waals surface area contributed by atoms with E-state index in [0.717, 1.165) is 0 Å². The van der Waals surface area contributed by atoms with E-state index >= 15 is 0 Å². The van der Waals surface area contributed by atoms with Crippen LogP contribution in [0, 0.1) is 0 Å². The lowest BCUT2D eigenvalue weighted by Crippen LogP contribution is -2.37. The molecule has 0 heterocycles. The Bertz CT molecular complexity index is 284. The van der Waals surface area contributed by atoms with Gasteiger partial charge in [-0.25, -0.2) is 8.42 Å². The van der Waals surface area contributed by atoms with Gasteiger partial charge in [-0.05, 0) is 20.8 Å². The average Bonchev–Trinajstić information content (AvgIpc) is 2.03. The summed E-state index contributed by atoms with van der Waals surface area (Å²) in [4.78, 5) is 10.4. The van der Waals surface area contributed by atoms with Crippen LogP contribution in [0.3, 0.4) is 0 Å². The van der Waals surface area contributed by atoms with Crippen molar-refractivity contribution in [3.05, 3.63) is 0 Å². The minimum atomic E-state index is -3.07. The molecule has 2 N–H and O–H groups in total. The lowest BCUT2D eigenvalue weighted by Gasteiger charge is -2.10. The number of carbonyl (C=O) groups is 1. The maximum absolute atomic E-state index is 11.3. The van der Waals surface area contributed by atoms with Crippen molar-refractivity contribution >= 4 is 15.8 Å². The Kier molecular flexibility index (Phi) is 5.07. The van der Waals surface area contributed by atoms with Crippen LogP contribution in [0.4, 0.5) is 0 Å². The minimum absolute atomic E-state index is 0.0255. The van der Waals surface area contributed by atoms with Crippen LogP contribution in [-0.4, -0.2) is 43.1 Å². The van der Waals surface area contributed by atoms with Gasteiger partial charge in [-0.1, -0.05) is 0 Å². The molecule has 0 rings (SSSR count). The highest BCUT2D eigenvalue weighted by Crippen LogP contribution is 1.99. The zero-order valence-electron chi connectivity index (χ0n) is 8.65. The summed E-state index contributed by atoms with van der Waals surface area (Å²) < 4.78 is 22.6. The summed E-state index contributed by atoms with van der Waals surface area (Å²) in [5.41, 5.74) is 0. The van der Waals surface area contributed by atoms with Gasteiger partial charge in [-0.15, -0.1) is 0 Å². The highest BCUT2D eigenvalue weighted by Gasteiger charge is 2.17. The highest BCUT2D eigenvalue weighted by atomic mass is 32.2. The number of rotatable bonds is 6. The van der Waals surface area contributed by atoms with Gasteiger partial charge in [0, 0.05) is 6.54 Å². The van der Waals surface area contributed by atoms with E-state index < -0.39 is 27.1 Å². The van der Waals surface area contributed by atoms with Gasteiger partial charge >= 0.3 is 5.97 Å². The second-order valence-corrected chi connectivity index (χ2v) is 6.11. The monoisotopic (exact) mass is 223 g/mol. The molecule has 0 aliphatic heterocycles. The van der Waals surface area contributed by atoms with E-state index in [1.54, 1.807) is 13.8 Å². The minimum Gasteiger partial charge on any atom is -0.480 e. The zero-order valence-corrected chi connectivity index (χ0v) is 9.47. The van der Waals surface area contributed by atoms with E-state index in [0.29, 0.717) is 0 Å². The van der Waals surface area contributed by atoms with Crippen molar-refractivity contribution in [2.24, 2.45) is 0 Å². The zero-order chi connectivity index (χ0) is 11.4. The number of aliphatic carboxylic acids is 1. The number of carboxylic acids is 1. The molecule has 5 nitrogen and oxygen atoms in total. The van der Waals surface area contributed by atoms with E-state index in [1.807, 2.05) is 0 Å². The highest BCUT2D eigenvalue weighted by molar-refractivity contribution is 7.92. The van der Waals surface area contributed by atoms with Crippen molar-refractivity contribution in [2.45, 2.75) is 32.1 Å². The molecule has 0 saturated heterocycles. The number of carboxylic acid groups (broad SMARTS) is 1. The Hall–Kier alpha value is -0.620. The first-order valence-corrected chi connectivity index (χ1v) is 6.16. The number of hydrogen-bond acceptors (Lipinski definition) is 4. The van der Waals surface area contributed by atoms with E-state index in [4.69, 9.17) is 5.11 Å². The number of nitrogens with one attached hydrogen (secondary N) is 1. The third kappa shape index (κ3) is 4.57. The third-order valence-electron chi connectivity index (χ3n) is 1.93. The van der Waals surface area contributed by atoms with Crippen molar-refractivity contribution < 1.29 is 18.3 Å². The van der Waals surface area contributed by atoms with E-state index in [1.165, 1.54) is 6.92 Å². The summed E-state index contributed by atoms with van der Waals surface area (Å²) in [5.74, 6) is -1.01. The first-order chi connectivity index (χ1) is 6.27. The summed E-state index contributed by atoms with van der Waals surface area (Å²) in [6.45, 7) is 4.87. The molecule has 1 atom stereocenters. The summed E-state index contributed by atoms with van der Waals surface area (Å²) in [7, 11) is -3.07. The van der Waals surface area contributed by atoms with Gasteiger partial charge in [0.05, 0.1) is 11.0 Å². The maximum atomic E-state index is 11.3. The number of sulfone groups is 1. The van der Waals surface area contributed by atoms with Crippen LogP contribution < -0.4 is 5.32 Å². The summed E-state index contributed by atoms with van der Waals surface area (Å²) in [5, 5.41) is 10.7. The Labute approximate surface area is 84.4 Å². The van der Waals surface area contributed by atoms with Crippen LogP contribution in [0.1, 0.15) is 20.8 Å². The van der Waals surface area contributed by atoms with Gasteiger partial charge in [-0.2, -0.15) is 0 Å². The van der Waals surface area contributed by atoms with Gasteiger partial charge in [0.25, 0.3) is 0 Å². The largest absolute Gasteiger partial charge is 0.480 e. The topological polar surface area (TPSA) is 83.5 Å². The molecular weight excluding hydrogens is 206 g/mol. The predicted octanol–water partition coefficient (Wildman–Crippen LogP) is -0.128. The quantitative estimate of drug-likeness (QED) is 0.655. The van der Waals surface area contributed by atoms with Crippen molar-refractivity contribution in [3.63, 3.8) is 0 Å². The van der Waals surface area contributed by atoms with Gasteiger partial charge in [0.2, 0.25) is 0 Å². The normalized spacial score (nSPS) is 14.3. The molecule has 0 bridgehead atoms. The molecule has 0 aromatic heterocycles. The predicted molar refractivity (Wildman–Crippen MR) is 54.0 cm³/mol. The molecule has 0 amide bonds. The second kappa shape index (κ2) is 5.31. The molecule has 0 saturated carbocycles. The molecule has 1 unspecified atom stereocenters. The Balaban J connectivity index is 3.92. The molecular formula is C8H17NO4S. The summed E-state index contributed by atoms with van der Waals surface area (Å²) in [6, 6.07) is -0.711. The molecule has 0 aliphatic carbocycles. The van der Waals surface area contributed by atoms with Crippen LogP contribution in [0.2, 0.25) is 0 Å². The van der Waals surface area contributed by atoms with Gasteiger partial charge in [-0.3, -0.25) is 4.79 Å². The first kappa shape index (κ1) is 13.4. The molecule has 0 aromatic carbocycles. The van der Waals surface area contributed by atoms with Crippen LogP contribution in [-0.2, 0) is 14.6 Å². The van der Waals surface area contributed by atoms with E-state index in [9.17, 15) is 13.2 Å². The van der Waals surface area contributed by atoms with Crippen molar-refractivity contribution in [3.8, 4) is 0 Å². The van der Waals surface area contributed by atoms with Gasteiger partial charge < -0.3 is 10.4 Å². The molecule has 84 valence electrons. The molecule has 0 radical (unpaired) electrons. The Morgan fingerprint density at radius 1 is 1.36 bits per heavy atom. The van der Waals surface area contributed by atoms with Gasteiger partial charge in [0.15, 0.2) is 9.84 Å². The van der Waals surface area contributed by atoms with Gasteiger partial charge in [0.1, 0.15) is 6.04 Å². The second-order valence-electron chi connectivity index (χ2n) is 3.43. The Morgan fingerprint density at radius 2 is 1.86 bits per heavy atom. The standard InChI is InChI=1S/C8H17NO4S/c1-6(2)14(12,13)5-4-9-7(3)8(10)11/h6-7,9H,4-5H2,1-3H3,(H,10,11). The van der Waals surface area contributed by atoms with Crippen LogP contribution in [0.25, 0.3) is 0 Å². The van der Waals surface area contributed by atoms with Crippen LogP contribution in [0.5, 0.6) is 0 Å². The van der Waals surface area contributed by atoms with Crippen molar-refractivity contribution in [2.75, 3.05) is 12.3 Å². The number of hydrogen-bond donors (Lipinski definition) is 2. The maximum Gasteiger partial charge on any atom is 0.320 e. The molecule has 0 aliphatic rings. The smallest absolute Gasteiger partial charge is 0.320 e. The average molecular weight is 223 g/mol. The Morgan fingerprint density at radius 3 is 2.21 bits per heavy atom. The van der Waals surface area contributed by atoms with Crippen molar-refractivity contribution in [1.82, 2.24) is 5.32 Å². The third-order valence-corrected chi connectivity index (χ3v) is 4.14. The lowest BCUT2D eigenvalue weighted by atomic mass is 10.3. The fourth-order valence-electron chi connectivity index (χ4n) is 0.741. The summed E-state index contributed by atoms with van der Waals surface area (Å²) >= 11 is 0. The molecule has 0 spiro atoms.